The van der Waals surface area contributed by atoms with Gasteiger partial charge >= 0.3 is 0 Å². The van der Waals surface area contributed by atoms with E-state index in [1.165, 1.54) is 4.31 Å². The molecule has 6 nitrogen and oxygen atoms in total. The third kappa shape index (κ3) is 4.89. The first-order valence-corrected chi connectivity index (χ1v) is 11.1. The minimum absolute atomic E-state index is 0.106. The van der Waals surface area contributed by atoms with Crippen molar-refractivity contribution in [3.8, 4) is 0 Å². The molecular formula is C20H33N3O3S. The van der Waals surface area contributed by atoms with E-state index in [4.69, 9.17) is 0 Å². The third-order valence-corrected chi connectivity index (χ3v) is 7.12. The standard InChI is InChI=1S/C20H33N3O3S/c1-15(2)23(16(3)4)20(24)18(6)21-11-13-22(14-12-21)27(25,26)19-9-7-17(5)8-10-19/h7-10,15-16,18H,11-14H2,1-6H3/t18-/m1/s1. The van der Waals surface area contributed by atoms with Crippen molar-refractivity contribution < 1.29 is 13.2 Å². The molecule has 27 heavy (non-hydrogen) atoms. The Labute approximate surface area is 164 Å². The largest absolute Gasteiger partial charge is 0.336 e. The second kappa shape index (κ2) is 8.71. The summed E-state index contributed by atoms with van der Waals surface area (Å²) in [6.07, 6.45) is 0. The number of benzene rings is 1. The number of aryl methyl sites for hydroxylation is 1. The predicted molar refractivity (Wildman–Crippen MR) is 108 cm³/mol. The van der Waals surface area contributed by atoms with Gasteiger partial charge in [-0.2, -0.15) is 4.31 Å². The van der Waals surface area contributed by atoms with Crippen LogP contribution in [0.15, 0.2) is 29.2 Å². The van der Waals surface area contributed by atoms with Crippen LogP contribution in [0.3, 0.4) is 0 Å². The number of carbonyl (C=O) groups is 1. The molecule has 1 amide bonds. The van der Waals surface area contributed by atoms with Crippen molar-refractivity contribution >= 4 is 15.9 Å². The Hall–Kier alpha value is -1.44. The highest BCUT2D eigenvalue weighted by atomic mass is 32.2. The van der Waals surface area contributed by atoms with Gasteiger partial charge in [-0.3, -0.25) is 9.69 Å². The van der Waals surface area contributed by atoms with Crippen LogP contribution >= 0.6 is 0 Å². The van der Waals surface area contributed by atoms with Crippen molar-refractivity contribution in [3.05, 3.63) is 29.8 Å². The fraction of sp³-hybridized carbons (Fsp3) is 0.650. The molecule has 1 heterocycles. The summed E-state index contributed by atoms with van der Waals surface area (Å²) in [6.45, 7) is 13.9. The van der Waals surface area contributed by atoms with E-state index in [1.807, 2.05) is 58.6 Å². The average molecular weight is 396 g/mol. The van der Waals surface area contributed by atoms with Crippen molar-refractivity contribution in [1.29, 1.82) is 0 Å². The van der Waals surface area contributed by atoms with Crippen LogP contribution in [0, 0.1) is 6.92 Å². The Morgan fingerprint density at radius 3 is 1.85 bits per heavy atom. The lowest BCUT2D eigenvalue weighted by atomic mass is 10.1. The average Bonchev–Trinajstić information content (AvgIpc) is 2.61. The number of hydrogen-bond donors (Lipinski definition) is 0. The summed E-state index contributed by atoms with van der Waals surface area (Å²) in [7, 11) is -3.48. The number of hydrogen-bond acceptors (Lipinski definition) is 4. The van der Waals surface area contributed by atoms with Crippen LogP contribution in [-0.4, -0.2) is 72.7 Å². The molecule has 1 atom stereocenters. The van der Waals surface area contributed by atoms with Crippen molar-refractivity contribution in [2.75, 3.05) is 26.2 Å². The Morgan fingerprint density at radius 2 is 1.41 bits per heavy atom. The molecule has 0 unspecified atom stereocenters. The molecule has 0 radical (unpaired) electrons. The van der Waals surface area contributed by atoms with Crippen molar-refractivity contribution in [1.82, 2.24) is 14.1 Å². The van der Waals surface area contributed by atoms with Gasteiger partial charge in [-0.1, -0.05) is 17.7 Å². The van der Waals surface area contributed by atoms with Crippen molar-refractivity contribution in [2.24, 2.45) is 0 Å². The van der Waals surface area contributed by atoms with Gasteiger partial charge < -0.3 is 4.90 Å². The van der Waals surface area contributed by atoms with Gasteiger partial charge in [-0.25, -0.2) is 8.42 Å². The predicted octanol–water partition coefficient (Wildman–Crippen LogP) is 2.34. The molecule has 152 valence electrons. The molecule has 0 spiro atoms. The van der Waals surface area contributed by atoms with Gasteiger partial charge in [-0.15, -0.1) is 0 Å². The molecule has 1 fully saturated rings. The monoisotopic (exact) mass is 395 g/mol. The van der Waals surface area contributed by atoms with Gasteiger partial charge in [0.15, 0.2) is 0 Å². The van der Waals surface area contributed by atoms with E-state index in [0.717, 1.165) is 5.56 Å². The van der Waals surface area contributed by atoms with Gasteiger partial charge in [0, 0.05) is 38.3 Å². The van der Waals surface area contributed by atoms with E-state index in [1.54, 1.807) is 12.1 Å². The van der Waals surface area contributed by atoms with Crippen LogP contribution in [0.4, 0.5) is 0 Å². The molecule has 2 rings (SSSR count). The molecular weight excluding hydrogens is 362 g/mol. The first kappa shape index (κ1) is 21.9. The highest BCUT2D eigenvalue weighted by molar-refractivity contribution is 7.89. The van der Waals surface area contributed by atoms with Crippen LogP contribution < -0.4 is 0 Å². The first-order chi connectivity index (χ1) is 12.6. The maximum atomic E-state index is 12.9. The lowest BCUT2D eigenvalue weighted by Gasteiger charge is -2.40. The second-order valence-corrected chi connectivity index (χ2v) is 9.80. The lowest BCUT2D eigenvalue weighted by molar-refractivity contribution is -0.140. The SMILES string of the molecule is Cc1ccc(S(=O)(=O)N2CCN([C@H](C)C(=O)N(C(C)C)C(C)C)CC2)cc1. The molecule has 0 bridgehead atoms. The molecule has 1 aromatic carbocycles. The second-order valence-electron chi connectivity index (χ2n) is 7.86. The zero-order valence-electron chi connectivity index (χ0n) is 17.3. The van der Waals surface area contributed by atoms with Crippen molar-refractivity contribution in [2.45, 2.75) is 64.6 Å². The fourth-order valence-electron chi connectivity index (χ4n) is 3.67. The highest BCUT2D eigenvalue weighted by Gasteiger charge is 2.34. The van der Waals surface area contributed by atoms with Crippen LogP contribution in [0.25, 0.3) is 0 Å². The third-order valence-electron chi connectivity index (χ3n) is 5.20. The van der Waals surface area contributed by atoms with Gasteiger partial charge in [0.05, 0.1) is 10.9 Å². The maximum Gasteiger partial charge on any atom is 0.243 e. The zero-order valence-corrected chi connectivity index (χ0v) is 18.2. The molecule has 0 aliphatic carbocycles. The Kier molecular flexibility index (Phi) is 7.05. The van der Waals surface area contributed by atoms with Gasteiger partial charge in [0.25, 0.3) is 0 Å². The van der Waals surface area contributed by atoms with Gasteiger partial charge in [0.2, 0.25) is 15.9 Å². The van der Waals surface area contributed by atoms with Gasteiger partial charge in [0.1, 0.15) is 0 Å². The van der Waals surface area contributed by atoms with Crippen molar-refractivity contribution in [3.63, 3.8) is 0 Å². The molecule has 1 aliphatic rings. The van der Waals surface area contributed by atoms with E-state index in [9.17, 15) is 13.2 Å². The summed E-state index contributed by atoms with van der Waals surface area (Å²) in [5.74, 6) is 0.106. The lowest BCUT2D eigenvalue weighted by Crippen LogP contribution is -2.57. The van der Waals surface area contributed by atoms with E-state index < -0.39 is 10.0 Å². The molecule has 1 aromatic rings. The summed E-state index contributed by atoms with van der Waals surface area (Å²) in [6, 6.07) is 6.98. The Bertz CT molecular complexity index is 728. The van der Waals surface area contributed by atoms with Gasteiger partial charge in [-0.05, 0) is 53.7 Å². The highest BCUT2D eigenvalue weighted by Crippen LogP contribution is 2.20. The van der Waals surface area contributed by atoms with E-state index >= 15 is 0 Å². The topological polar surface area (TPSA) is 60.9 Å². The Morgan fingerprint density at radius 1 is 0.926 bits per heavy atom. The minimum Gasteiger partial charge on any atom is -0.336 e. The number of sulfonamides is 1. The summed E-state index contributed by atoms with van der Waals surface area (Å²) >= 11 is 0. The molecule has 7 heteroatoms. The number of carbonyl (C=O) groups excluding carboxylic acids is 1. The van der Waals surface area contributed by atoms with E-state index in [0.29, 0.717) is 31.1 Å². The number of rotatable bonds is 6. The summed E-state index contributed by atoms with van der Waals surface area (Å²) in [4.78, 5) is 17.2. The molecule has 0 saturated carbocycles. The maximum absolute atomic E-state index is 12.9. The zero-order chi connectivity index (χ0) is 20.4. The Balaban J connectivity index is 2.04. The quantitative estimate of drug-likeness (QED) is 0.742. The molecule has 1 saturated heterocycles. The molecule has 1 aliphatic heterocycles. The normalized spacial score (nSPS) is 18.1. The summed E-state index contributed by atoms with van der Waals surface area (Å²) < 4.78 is 27.2. The van der Waals surface area contributed by atoms with E-state index in [-0.39, 0.29) is 24.0 Å². The summed E-state index contributed by atoms with van der Waals surface area (Å²) in [5.41, 5.74) is 1.03. The van der Waals surface area contributed by atoms with E-state index in [2.05, 4.69) is 4.90 Å². The smallest absolute Gasteiger partial charge is 0.243 e. The number of amides is 1. The fourth-order valence-corrected chi connectivity index (χ4v) is 5.09. The minimum atomic E-state index is -3.48. The molecule has 0 N–H and O–H groups in total. The van der Waals surface area contributed by atoms with Crippen LogP contribution in [0.1, 0.15) is 40.2 Å². The van der Waals surface area contributed by atoms with Crippen LogP contribution in [0.2, 0.25) is 0 Å². The van der Waals surface area contributed by atoms with Crippen LogP contribution in [0.5, 0.6) is 0 Å². The summed E-state index contributed by atoms with van der Waals surface area (Å²) in [5, 5.41) is 0. The first-order valence-electron chi connectivity index (χ1n) is 9.68. The number of piperazine rings is 1. The number of nitrogens with zero attached hydrogens (tertiary/aromatic N) is 3. The van der Waals surface area contributed by atoms with Crippen LogP contribution in [-0.2, 0) is 14.8 Å². The molecule has 0 aromatic heterocycles.